The standard InChI is InChI=1S/C20H12O3Se/c1-2-14-10-16-4-6-18(23-16)12-20-8-7-19(24-20)11-17-5-3-15(22-17)9-13(1)21-14/h1-12H/q+2. The maximum atomic E-state index is 5.86. The zero-order valence-corrected chi connectivity index (χ0v) is 14.3. The summed E-state index contributed by atoms with van der Waals surface area (Å²) in [5.74, 6) is 3.14. The van der Waals surface area contributed by atoms with Crippen molar-refractivity contribution in [1.29, 1.82) is 0 Å². The molecule has 0 amide bonds. The van der Waals surface area contributed by atoms with Gasteiger partial charge in [0, 0.05) is 0 Å². The van der Waals surface area contributed by atoms with E-state index in [4.69, 9.17) is 13.3 Å². The van der Waals surface area contributed by atoms with Gasteiger partial charge in [-0.3, -0.25) is 0 Å². The topological polar surface area (TPSA) is 35.7 Å². The van der Waals surface area contributed by atoms with E-state index in [0.717, 1.165) is 34.2 Å². The van der Waals surface area contributed by atoms with Gasteiger partial charge in [-0.05, 0) is 0 Å². The van der Waals surface area contributed by atoms with Crippen molar-refractivity contribution in [2.24, 2.45) is 0 Å². The number of furan rings is 1. The van der Waals surface area contributed by atoms with Crippen LogP contribution in [0.4, 0.5) is 0 Å². The van der Waals surface area contributed by atoms with E-state index >= 15 is 0 Å². The van der Waals surface area contributed by atoms with Crippen LogP contribution >= 0.6 is 0 Å². The monoisotopic (exact) mass is 380 g/mol. The molecule has 0 fully saturated rings. The first-order valence-electron chi connectivity index (χ1n) is 7.59. The predicted molar refractivity (Wildman–Crippen MR) is 97.1 cm³/mol. The van der Waals surface area contributed by atoms with E-state index in [-0.39, 0.29) is 14.5 Å². The van der Waals surface area contributed by atoms with Gasteiger partial charge in [0.1, 0.15) is 0 Å². The van der Waals surface area contributed by atoms with Gasteiger partial charge in [0.25, 0.3) is 0 Å². The predicted octanol–water partition coefficient (Wildman–Crippen LogP) is 5.61. The molecule has 0 radical (unpaired) electrons. The molecule has 0 spiro atoms. The molecule has 4 heteroatoms. The van der Waals surface area contributed by atoms with Crippen molar-refractivity contribution >= 4 is 58.5 Å². The summed E-state index contributed by atoms with van der Waals surface area (Å²) in [4.78, 5) is 0. The molecule has 0 N–H and O–H groups in total. The molecule has 3 nitrogen and oxygen atoms in total. The van der Waals surface area contributed by atoms with Crippen LogP contribution in [0.3, 0.4) is 0 Å². The van der Waals surface area contributed by atoms with E-state index in [0.29, 0.717) is 0 Å². The molecule has 5 heterocycles. The average molecular weight is 379 g/mol. The Morgan fingerprint density at radius 2 is 1.12 bits per heavy atom. The van der Waals surface area contributed by atoms with Crippen LogP contribution in [0.5, 0.6) is 0 Å². The minimum absolute atomic E-state index is 0.262. The Morgan fingerprint density at radius 1 is 0.583 bits per heavy atom. The minimum atomic E-state index is 0.262. The van der Waals surface area contributed by atoms with Gasteiger partial charge < -0.3 is 0 Å². The summed E-state index contributed by atoms with van der Waals surface area (Å²) in [6.07, 6.45) is 7.78. The SMILES string of the molecule is C1=Cc2cc3ccc(cc4ccc(cc5[o+]c(cc1[o+]2)C=C5)[se]4)o3. The molecule has 0 saturated carbocycles. The molecule has 5 rings (SSSR count). The summed E-state index contributed by atoms with van der Waals surface area (Å²) < 4.78 is 20.1. The normalized spacial score (nSPS) is 12.7. The molecule has 24 heavy (non-hydrogen) atoms. The van der Waals surface area contributed by atoms with Crippen LogP contribution in [-0.4, -0.2) is 14.5 Å². The Morgan fingerprint density at radius 3 is 1.83 bits per heavy atom. The van der Waals surface area contributed by atoms with Gasteiger partial charge in [-0.1, -0.05) is 0 Å². The molecule has 0 atom stereocenters. The van der Waals surface area contributed by atoms with Crippen molar-refractivity contribution in [3.63, 3.8) is 0 Å². The molecule has 3 aromatic rings. The molecule has 2 aliphatic heterocycles. The van der Waals surface area contributed by atoms with Gasteiger partial charge in [-0.25, -0.2) is 0 Å². The summed E-state index contributed by atoms with van der Waals surface area (Å²) in [6, 6.07) is 16.2. The van der Waals surface area contributed by atoms with E-state index < -0.39 is 0 Å². The molecule has 8 bridgehead atoms. The fourth-order valence-corrected chi connectivity index (χ4v) is 4.53. The van der Waals surface area contributed by atoms with Gasteiger partial charge >= 0.3 is 143 Å². The molecular weight excluding hydrogens is 367 g/mol. The van der Waals surface area contributed by atoms with Crippen LogP contribution < -0.4 is 0 Å². The second kappa shape index (κ2) is 5.45. The van der Waals surface area contributed by atoms with Gasteiger partial charge in [-0.2, -0.15) is 0 Å². The third kappa shape index (κ3) is 2.67. The summed E-state index contributed by atoms with van der Waals surface area (Å²) in [7, 11) is 0. The van der Waals surface area contributed by atoms with E-state index in [1.165, 1.54) is 8.52 Å². The third-order valence-corrected chi connectivity index (χ3v) is 5.78. The first-order chi connectivity index (χ1) is 11.8. The maximum absolute atomic E-state index is 5.86. The summed E-state index contributed by atoms with van der Waals surface area (Å²) in [6.45, 7) is 0. The van der Waals surface area contributed by atoms with Crippen molar-refractivity contribution in [2.45, 2.75) is 0 Å². The molecule has 0 aromatic carbocycles. The van der Waals surface area contributed by atoms with Crippen LogP contribution in [0.1, 0.15) is 23.0 Å². The number of hydrogen-bond acceptors (Lipinski definition) is 1. The Bertz CT molecular complexity index is 1070. The first-order valence-corrected chi connectivity index (χ1v) is 9.30. The Labute approximate surface area is 143 Å². The van der Waals surface area contributed by atoms with Crippen molar-refractivity contribution < 1.29 is 13.3 Å². The van der Waals surface area contributed by atoms with Gasteiger partial charge in [0.15, 0.2) is 0 Å². The molecule has 114 valence electrons. The number of hydrogen-bond donors (Lipinski definition) is 0. The second-order valence-corrected chi connectivity index (χ2v) is 7.94. The third-order valence-electron chi connectivity index (χ3n) is 3.73. The van der Waals surface area contributed by atoms with Crippen LogP contribution in [0.15, 0.2) is 61.8 Å². The fourth-order valence-electron chi connectivity index (χ4n) is 2.66. The zero-order valence-electron chi connectivity index (χ0n) is 12.6. The second-order valence-electron chi connectivity index (χ2n) is 5.54. The van der Waals surface area contributed by atoms with Crippen molar-refractivity contribution in [3.05, 3.63) is 71.6 Å². The molecular formula is C20H12O3Se+2. The molecule has 0 aliphatic carbocycles. The number of fused-ring (bicyclic) bond motifs is 8. The van der Waals surface area contributed by atoms with Crippen LogP contribution in [0, 0.1) is 0 Å². The van der Waals surface area contributed by atoms with Gasteiger partial charge in [-0.15, -0.1) is 0 Å². The van der Waals surface area contributed by atoms with Gasteiger partial charge in [0.2, 0.25) is 0 Å². The molecule has 0 unspecified atom stereocenters. The average Bonchev–Trinajstić information content (AvgIpc) is 3.32. The van der Waals surface area contributed by atoms with Crippen molar-refractivity contribution in [2.75, 3.05) is 0 Å². The Hall–Kier alpha value is -2.68. The van der Waals surface area contributed by atoms with Crippen LogP contribution in [0.25, 0.3) is 44.0 Å². The summed E-state index contributed by atoms with van der Waals surface area (Å²) in [5, 5.41) is 0. The quantitative estimate of drug-likeness (QED) is 0.259. The van der Waals surface area contributed by atoms with E-state index in [1.54, 1.807) is 0 Å². The summed E-state index contributed by atoms with van der Waals surface area (Å²) >= 11 is 0.262. The first kappa shape index (κ1) is 13.7. The molecule has 0 saturated heterocycles. The Kier molecular flexibility index (Phi) is 3.12. The summed E-state index contributed by atoms with van der Waals surface area (Å²) in [5.41, 5.74) is 1.63. The number of rotatable bonds is 0. The molecule has 2 aliphatic rings. The van der Waals surface area contributed by atoms with Gasteiger partial charge in [0.05, 0.1) is 0 Å². The Balaban J connectivity index is 1.85. The van der Waals surface area contributed by atoms with E-state index in [2.05, 4.69) is 24.3 Å². The van der Waals surface area contributed by atoms with Crippen LogP contribution in [-0.2, 0) is 0 Å². The van der Waals surface area contributed by atoms with Crippen molar-refractivity contribution in [3.8, 4) is 0 Å². The van der Waals surface area contributed by atoms with E-state index in [1.807, 2.05) is 48.6 Å². The fraction of sp³-hybridized carbons (Fsp3) is 0. The van der Waals surface area contributed by atoms with Crippen molar-refractivity contribution in [1.82, 2.24) is 0 Å². The van der Waals surface area contributed by atoms with E-state index in [9.17, 15) is 0 Å². The zero-order chi connectivity index (χ0) is 15.9. The van der Waals surface area contributed by atoms with Crippen LogP contribution in [0.2, 0.25) is 0 Å². The molecule has 3 aromatic heterocycles.